The molecule has 0 saturated heterocycles. The molecule has 0 aliphatic heterocycles. The van der Waals surface area contributed by atoms with Crippen molar-refractivity contribution in [3.63, 3.8) is 0 Å². The van der Waals surface area contributed by atoms with E-state index in [1.165, 1.54) is 237 Å². The number of hydrogen-bond acceptors (Lipinski definition) is 8. The van der Waals surface area contributed by atoms with Crippen molar-refractivity contribution in [1.82, 2.24) is 10.6 Å². The number of carbonyl (C=O) groups excluding carboxylic acids is 4. The number of ether oxygens (including phenoxy) is 2. The zero-order valence-electron chi connectivity index (χ0n) is 62.5. The number of hydrogen-bond donors (Lipinski definition) is 2. The lowest BCUT2D eigenvalue weighted by atomic mass is 9.99. The maximum atomic E-state index is 13.1. The summed E-state index contributed by atoms with van der Waals surface area (Å²) >= 11 is 0. The number of rotatable bonds is 67. The highest BCUT2D eigenvalue weighted by atomic mass is 16.5. The Labute approximate surface area is 585 Å². The third-order valence-electron chi connectivity index (χ3n) is 20.0. The van der Waals surface area contributed by atoms with Crippen LogP contribution in [0.5, 0.6) is 0 Å². The van der Waals surface area contributed by atoms with Gasteiger partial charge in [-0.25, -0.2) is 9.59 Å². The van der Waals surface area contributed by atoms with Crippen LogP contribution in [0.25, 0.3) is 12.2 Å². The van der Waals surface area contributed by atoms with E-state index in [1.807, 2.05) is 38.1 Å². The molecule has 0 bridgehead atoms. The number of nitriles is 1. The van der Waals surface area contributed by atoms with Crippen LogP contribution in [0.4, 0.5) is 5.69 Å². The Bertz CT molecular complexity index is 2090. The van der Waals surface area contributed by atoms with Crippen molar-refractivity contribution in [3.05, 3.63) is 65.2 Å². The summed E-state index contributed by atoms with van der Waals surface area (Å²) in [5.41, 5.74) is 4.16. The Hall–Kier alpha value is -4.65. The van der Waals surface area contributed by atoms with Crippen LogP contribution in [-0.2, 0) is 28.7 Å². The van der Waals surface area contributed by atoms with Gasteiger partial charge in [-0.15, -0.1) is 0 Å². The topological polar surface area (TPSA) is 138 Å². The minimum atomic E-state index is -0.577. The van der Waals surface area contributed by atoms with Crippen molar-refractivity contribution >= 4 is 41.6 Å². The van der Waals surface area contributed by atoms with E-state index in [1.54, 1.807) is 0 Å². The van der Waals surface area contributed by atoms with Crippen LogP contribution in [0.15, 0.2) is 48.5 Å². The number of nitrogens with zero attached hydrogens (tertiary/aromatic N) is 2. The van der Waals surface area contributed by atoms with Gasteiger partial charge in [0, 0.05) is 31.6 Å². The molecule has 0 fully saturated rings. The summed E-state index contributed by atoms with van der Waals surface area (Å²) in [6, 6.07) is 17.7. The first-order valence-corrected chi connectivity index (χ1v) is 40.5. The molecule has 2 aromatic rings. The number of esters is 2. The normalized spacial score (nSPS) is 12.7. The molecule has 0 radical (unpaired) electrons. The Balaban J connectivity index is 1.64. The SMILES string of the molecule is CCCCCCCCCCCCCCCCCCOC(=O)[C@@H](NC(=O)CCCCCCCCCCN(CCCCCCCCCCC(=O)N[C@H](C(=O)OCCCCCCCCCCCCCCCCCC)[C@@H](C)CC)c1ccc(/C=C/c2ccc(C#N)cc2)cc1)[C@@H](C)CC. The average Bonchev–Trinajstić information content (AvgIpc) is 1.21. The lowest BCUT2D eigenvalue weighted by Crippen LogP contribution is -2.46. The van der Waals surface area contributed by atoms with Gasteiger partial charge in [-0.3, -0.25) is 9.59 Å². The van der Waals surface area contributed by atoms with Gasteiger partial charge < -0.3 is 25.0 Å². The average molecular weight is 1320 g/mol. The number of nitrogens with one attached hydrogen (secondary N) is 2. The molecule has 0 spiro atoms. The number of unbranched alkanes of at least 4 members (excludes halogenated alkanes) is 44. The predicted molar refractivity (Wildman–Crippen MR) is 406 cm³/mol. The van der Waals surface area contributed by atoms with E-state index >= 15 is 0 Å². The second kappa shape index (κ2) is 62.8. The molecule has 10 heteroatoms. The number of anilines is 1. The maximum Gasteiger partial charge on any atom is 0.328 e. The predicted octanol–water partition coefficient (Wildman–Crippen LogP) is 24.2. The first-order chi connectivity index (χ1) is 46.6. The van der Waals surface area contributed by atoms with Crippen molar-refractivity contribution in [2.24, 2.45) is 11.8 Å². The zero-order chi connectivity index (χ0) is 68.7. The molecule has 2 N–H and O–H groups in total. The smallest absolute Gasteiger partial charge is 0.328 e. The summed E-state index contributed by atoms with van der Waals surface area (Å²) in [5, 5.41) is 15.3. The second-order valence-corrected chi connectivity index (χ2v) is 28.6. The van der Waals surface area contributed by atoms with E-state index in [4.69, 9.17) is 9.47 Å². The first-order valence-electron chi connectivity index (χ1n) is 40.5. The highest BCUT2D eigenvalue weighted by Gasteiger charge is 2.28. The fraction of sp³-hybridized carbons (Fsp3) is 0.776. The lowest BCUT2D eigenvalue weighted by Gasteiger charge is -2.25. The number of carbonyl (C=O) groups is 4. The standard InChI is InChI=1S/C85H146N4O6/c1-7-11-13-15-17-19-21-23-25-27-29-31-37-43-49-55-71-94-84(92)82(74(5)9-3)87-80(90)57-51-45-39-33-35-41-47-53-69-89(79-67-65-77(66-68-79)60-59-76-61-63-78(73-86)64-62-76)70-54-48-42-36-34-40-46-52-58-81(91)88-83(75(6)10-4)85(93)95-72-56-50-44-38-32-30-28-26-24-22-20-18-16-14-12-8-2/h59-68,74-75,82-83H,7-58,69-72H2,1-6H3,(H,87,90)(H,88,91)/b60-59+/t74-,75-,82-,83-/m0/s1. The van der Waals surface area contributed by atoms with E-state index in [0.717, 1.165) is 114 Å². The summed E-state index contributed by atoms with van der Waals surface area (Å²) in [4.78, 5) is 54.9. The van der Waals surface area contributed by atoms with E-state index < -0.39 is 12.1 Å². The molecule has 542 valence electrons. The van der Waals surface area contributed by atoms with Crippen LogP contribution in [0.2, 0.25) is 0 Å². The molecule has 0 saturated carbocycles. The third kappa shape index (κ3) is 48.7. The van der Waals surface area contributed by atoms with Gasteiger partial charge in [0.05, 0.1) is 24.8 Å². The summed E-state index contributed by atoms with van der Waals surface area (Å²) < 4.78 is 11.4. The fourth-order valence-corrected chi connectivity index (χ4v) is 13.0. The van der Waals surface area contributed by atoms with Gasteiger partial charge in [0.2, 0.25) is 11.8 Å². The van der Waals surface area contributed by atoms with Gasteiger partial charge in [-0.1, -0.05) is 360 Å². The third-order valence-corrected chi connectivity index (χ3v) is 20.0. The highest BCUT2D eigenvalue weighted by Crippen LogP contribution is 2.23. The Morgan fingerprint density at radius 2 is 0.642 bits per heavy atom. The molecule has 0 aromatic heterocycles. The number of amides is 2. The maximum absolute atomic E-state index is 13.1. The fourth-order valence-electron chi connectivity index (χ4n) is 13.0. The van der Waals surface area contributed by atoms with E-state index in [-0.39, 0.29) is 35.6 Å². The Morgan fingerprint density at radius 3 is 0.926 bits per heavy atom. The van der Waals surface area contributed by atoms with Crippen LogP contribution < -0.4 is 15.5 Å². The van der Waals surface area contributed by atoms with Gasteiger partial charge in [-0.05, 0) is 85.8 Å². The molecular formula is C85H146N4O6. The highest BCUT2D eigenvalue weighted by molar-refractivity contribution is 5.85. The first kappa shape index (κ1) is 86.4. The van der Waals surface area contributed by atoms with Crippen molar-refractivity contribution in [3.8, 4) is 6.07 Å². The second-order valence-electron chi connectivity index (χ2n) is 28.6. The van der Waals surface area contributed by atoms with Crippen LogP contribution in [0.1, 0.15) is 392 Å². The van der Waals surface area contributed by atoms with Crippen molar-refractivity contribution < 1.29 is 28.7 Å². The molecule has 0 heterocycles. The van der Waals surface area contributed by atoms with Gasteiger partial charge in [-0.2, -0.15) is 5.26 Å². The Kier molecular flexibility index (Phi) is 57.2. The quantitative estimate of drug-likeness (QED) is 0.0379. The molecule has 0 unspecified atom stereocenters. The summed E-state index contributed by atoms with van der Waals surface area (Å²) in [7, 11) is 0. The summed E-state index contributed by atoms with van der Waals surface area (Å²) in [6.07, 6.45) is 66.6. The van der Waals surface area contributed by atoms with Gasteiger partial charge >= 0.3 is 11.9 Å². The summed E-state index contributed by atoms with van der Waals surface area (Å²) in [5.74, 6) is -0.573. The van der Waals surface area contributed by atoms with Crippen molar-refractivity contribution in [2.75, 3.05) is 31.2 Å². The molecule has 4 atom stereocenters. The molecule has 95 heavy (non-hydrogen) atoms. The Morgan fingerprint density at radius 1 is 0.379 bits per heavy atom. The molecule has 10 nitrogen and oxygen atoms in total. The largest absolute Gasteiger partial charge is 0.464 e. The van der Waals surface area contributed by atoms with E-state index in [0.29, 0.717) is 31.6 Å². The zero-order valence-corrected chi connectivity index (χ0v) is 62.5. The monoisotopic (exact) mass is 1320 g/mol. The molecule has 2 aromatic carbocycles. The lowest BCUT2D eigenvalue weighted by molar-refractivity contribution is -0.150. The van der Waals surface area contributed by atoms with Crippen LogP contribution in [0.3, 0.4) is 0 Å². The molecule has 0 aliphatic carbocycles. The summed E-state index contributed by atoms with van der Waals surface area (Å²) in [6.45, 7) is 15.7. The number of benzene rings is 2. The van der Waals surface area contributed by atoms with Crippen LogP contribution in [0, 0.1) is 23.2 Å². The van der Waals surface area contributed by atoms with Crippen molar-refractivity contribution in [1.29, 1.82) is 5.26 Å². The van der Waals surface area contributed by atoms with Crippen LogP contribution >= 0.6 is 0 Å². The molecule has 2 amide bonds. The van der Waals surface area contributed by atoms with Gasteiger partial charge in [0.1, 0.15) is 12.1 Å². The van der Waals surface area contributed by atoms with Crippen molar-refractivity contribution in [2.45, 2.75) is 388 Å². The molecule has 2 rings (SSSR count). The minimum Gasteiger partial charge on any atom is -0.464 e. The molecular weight excluding hydrogens is 1170 g/mol. The van der Waals surface area contributed by atoms with Gasteiger partial charge in [0.15, 0.2) is 0 Å². The van der Waals surface area contributed by atoms with E-state index in [2.05, 4.69) is 85.7 Å². The van der Waals surface area contributed by atoms with Crippen LogP contribution in [-0.4, -0.2) is 62.1 Å². The minimum absolute atomic E-state index is 0.0329. The molecule has 0 aliphatic rings. The van der Waals surface area contributed by atoms with E-state index in [9.17, 15) is 24.4 Å². The van der Waals surface area contributed by atoms with Gasteiger partial charge in [0.25, 0.3) is 0 Å².